The Bertz CT molecular complexity index is 817. The molecule has 1 aromatic carbocycles. The molecule has 1 aliphatic rings. The highest BCUT2D eigenvalue weighted by Gasteiger charge is 2.24. The summed E-state index contributed by atoms with van der Waals surface area (Å²) in [5, 5.41) is 10.9. The Morgan fingerprint density at radius 2 is 2.36 bits per heavy atom. The van der Waals surface area contributed by atoms with E-state index >= 15 is 0 Å². The second kappa shape index (κ2) is 5.48. The zero-order valence-electron chi connectivity index (χ0n) is 12.0. The van der Waals surface area contributed by atoms with Crippen molar-refractivity contribution in [3.05, 3.63) is 70.3 Å². The minimum atomic E-state index is -0.375. The molecule has 1 aliphatic carbocycles. The molecule has 1 aromatic heterocycles. The molecule has 112 valence electrons. The number of oxazole rings is 1. The predicted octanol–water partition coefficient (Wildman–Crippen LogP) is 3.65. The van der Waals surface area contributed by atoms with E-state index in [1.165, 1.54) is 6.08 Å². The lowest BCUT2D eigenvalue weighted by atomic mass is 9.98. The number of rotatable bonds is 4. The molecule has 6 nitrogen and oxygen atoms in total. The summed E-state index contributed by atoms with van der Waals surface area (Å²) in [6, 6.07) is 5.46. The summed E-state index contributed by atoms with van der Waals surface area (Å²) in [7, 11) is 1.55. The van der Waals surface area contributed by atoms with Gasteiger partial charge in [-0.3, -0.25) is 10.1 Å². The van der Waals surface area contributed by atoms with Crippen molar-refractivity contribution < 1.29 is 14.1 Å². The third-order valence-corrected chi connectivity index (χ3v) is 3.59. The van der Waals surface area contributed by atoms with Crippen LogP contribution >= 0.6 is 0 Å². The van der Waals surface area contributed by atoms with Crippen LogP contribution in [0.4, 0.5) is 0 Å². The molecule has 0 N–H and O–H groups in total. The summed E-state index contributed by atoms with van der Waals surface area (Å²) in [4.78, 5) is 14.9. The molecule has 2 aromatic rings. The smallest absolute Gasteiger partial charge is 0.247 e. The zero-order valence-corrected chi connectivity index (χ0v) is 12.0. The van der Waals surface area contributed by atoms with Crippen LogP contribution in [-0.2, 0) is 4.74 Å². The average molecular weight is 298 g/mol. The van der Waals surface area contributed by atoms with Crippen molar-refractivity contribution in [2.24, 2.45) is 0 Å². The molecule has 0 saturated heterocycles. The Balaban J connectivity index is 1.93. The van der Waals surface area contributed by atoms with Gasteiger partial charge in [-0.2, -0.15) is 0 Å². The van der Waals surface area contributed by atoms with Crippen LogP contribution in [0.1, 0.15) is 23.8 Å². The molecule has 0 spiro atoms. The number of aromatic nitrogens is 1. The van der Waals surface area contributed by atoms with E-state index in [1.54, 1.807) is 19.3 Å². The van der Waals surface area contributed by atoms with Gasteiger partial charge in [-0.05, 0) is 18.2 Å². The predicted molar refractivity (Wildman–Crippen MR) is 81.6 cm³/mol. The number of fused-ring (bicyclic) bond motifs is 1. The van der Waals surface area contributed by atoms with Gasteiger partial charge in [0, 0.05) is 11.6 Å². The first-order valence-corrected chi connectivity index (χ1v) is 6.74. The molecule has 0 aliphatic heterocycles. The number of allylic oxidation sites excluding steroid dienone is 4. The number of ether oxygens (including phenoxy) is 1. The Kier molecular flexibility index (Phi) is 3.50. The molecule has 6 heteroatoms. The van der Waals surface area contributed by atoms with Crippen LogP contribution < -0.4 is 0 Å². The van der Waals surface area contributed by atoms with Crippen LogP contribution in [0.25, 0.3) is 16.9 Å². The highest BCUT2D eigenvalue weighted by molar-refractivity contribution is 5.77. The summed E-state index contributed by atoms with van der Waals surface area (Å²) in [6.07, 6.45) is 5.29. The van der Waals surface area contributed by atoms with Gasteiger partial charge in [-0.15, -0.1) is 0 Å². The van der Waals surface area contributed by atoms with Crippen LogP contribution in [0.3, 0.4) is 0 Å². The van der Waals surface area contributed by atoms with E-state index in [2.05, 4.69) is 11.6 Å². The fraction of sp³-hybridized carbons (Fsp3) is 0.188. The standard InChI is InChI=1S/C16H14N2O4/c1-10(21-2)11-6-7-14-15(9-11)22-16(17-14)12-4-3-5-13(8-12)18(19)20/h3-7,9,12H,1,8H2,2H3. The van der Waals surface area contributed by atoms with E-state index in [4.69, 9.17) is 9.15 Å². The summed E-state index contributed by atoms with van der Waals surface area (Å²) in [5.41, 5.74) is 2.27. The minimum absolute atomic E-state index is 0.156. The molecule has 0 fully saturated rings. The molecule has 0 amide bonds. The van der Waals surface area contributed by atoms with E-state index in [0.717, 1.165) is 5.56 Å². The van der Waals surface area contributed by atoms with Gasteiger partial charge >= 0.3 is 0 Å². The first-order valence-electron chi connectivity index (χ1n) is 6.74. The highest BCUT2D eigenvalue weighted by Crippen LogP contribution is 2.31. The maximum absolute atomic E-state index is 10.9. The Hall–Kier alpha value is -2.89. The van der Waals surface area contributed by atoms with E-state index in [9.17, 15) is 10.1 Å². The van der Waals surface area contributed by atoms with Gasteiger partial charge in [-0.25, -0.2) is 4.98 Å². The quantitative estimate of drug-likeness (QED) is 0.489. The van der Waals surface area contributed by atoms with E-state index in [1.807, 2.05) is 18.2 Å². The summed E-state index contributed by atoms with van der Waals surface area (Å²) < 4.78 is 10.9. The van der Waals surface area contributed by atoms with Gasteiger partial charge in [-0.1, -0.05) is 18.7 Å². The molecular weight excluding hydrogens is 284 g/mol. The number of hydrogen-bond acceptors (Lipinski definition) is 5. The van der Waals surface area contributed by atoms with E-state index in [0.29, 0.717) is 22.7 Å². The Morgan fingerprint density at radius 3 is 3.09 bits per heavy atom. The summed E-state index contributed by atoms with van der Waals surface area (Å²) in [5.74, 6) is 0.779. The second-order valence-corrected chi connectivity index (χ2v) is 4.97. The van der Waals surface area contributed by atoms with Crippen molar-refractivity contribution in [3.63, 3.8) is 0 Å². The number of methoxy groups -OCH3 is 1. The van der Waals surface area contributed by atoms with Crippen LogP contribution in [-0.4, -0.2) is 17.0 Å². The number of nitrogens with zero attached hydrogens (tertiary/aromatic N) is 2. The largest absolute Gasteiger partial charge is 0.497 e. The third-order valence-electron chi connectivity index (χ3n) is 3.59. The first kappa shape index (κ1) is 14.1. The monoisotopic (exact) mass is 298 g/mol. The number of hydrogen-bond donors (Lipinski definition) is 0. The van der Waals surface area contributed by atoms with Crippen LogP contribution in [0, 0.1) is 10.1 Å². The van der Waals surface area contributed by atoms with Gasteiger partial charge in [0.15, 0.2) is 5.58 Å². The van der Waals surface area contributed by atoms with Gasteiger partial charge < -0.3 is 9.15 Å². The van der Waals surface area contributed by atoms with E-state index in [-0.39, 0.29) is 23.0 Å². The lowest BCUT2D eigenvalue weighted by molar-refractivity contribution is -0.428. The normalized spacial score (nSPS) is 17.3. The van der Waals surface area contributed by atoms with Gasteiger partial charge in [0.25, 0.3) is 0 Å². The summed E-state index contributed by atoms with van der Waals surface area (Å²) in [6.45, 7) is 3.80. The molecule has 3 rings (SSSR count). The van der Waals surface area contributed by atoms with Crippen molar-refractivity contribution in [2.45, 2.75) is 12.3 Å². The SMILES string of the molecule is C=C(OC)c1ccc2nc(C3C=CC=C([N+](=O)[O-])C3)oc2c1. The van der Waals surface area contributed by atoms with Crippen LogP contribution in [0.5, 0.6) is 0 Å². The molecular formula is C16H14N2O4. The molecule has 0 bridgehead atoms. The van der Waals surface area contributed by atoms with Gasteiger partial charge in [0.2, 0.25) is 11.6 Å². The maximum Gasteiger partial charge on any atom is 0.247 e. The average Bonchev–Trinajstić information content (AvgIpc) is 2.97. The molecule has 22 heavy (non-hydrogen) atoms. The number of nitro groups is 1. The summed E-state index contributed by atoms with van der Waals surface area (Å²) >= 11 is 0. The molecule has 0 saturated carbocycles. The molecule has 0 radical (unpaired) electrons. The molecule has 1 unspecified atom stereocenters. The number of benzene rings is 1. The van der Waals surface area contributed by atoms with Crippen molar-refractivity contribution in [1.82, 2.24) is 4.98 Å². The maximum atomic E-state index is 10.9. The zero-order chi connectivity index (χ0) is 15.7. The van der Waals surface area contributed by atoms with Gasteiger partial charge in [0.05, 0.1) is 24.4 Å². The first-order chi connectivity index (χ1) is 10.6. The van der Waals surface area contributed by atoms with Gasteiger partial charge in [0.1, 0.15) is 11.3 Å². The highest BCUT2D eigenvalue weighted by atomic mass is 16.6. The minimum Gasteiger partial charge on any atom is -0.497 e. The lowest BCUT2D eigenvalue weighted by Crippen LogP contribution is -2.07. The molecule has 1 heterocycles. The lowest BCUT2D eigenvalue weighted by Gasteiger charge is -2.09. The molecule has 1 atom stereocenters. The van der Waals surface area contributed by atoms with Crippen molar-refractivity contribution in [2.75, 3.05) is 7.11 Å². The van der Waals surface area contributed by atoms with Crippen molar-refractivity contribution >= 4 is 16.9 Å². The van der Waals surface area contributed by atoms with E-state index < -0.39 is 0 Å². The van der Waals surface area contributed by atoms with Crippen molar-refractivity contribution in [3.8, 4) is 0 Å². The third kappa shape index (κ3) is 2.50. The topological polar surface area (TPSA) is 78.4 Å². The fourth-order valence-corrected chi connectivity index (χ4v) is 2.36. The fourth-order valence-electron chi connectivity index (χ4n) is 2.36. The second-order valence-electron chi connectivity index (χ2n) is 4.97. The van der Waals surface area contributed by atoms with Crippen molar-refractivity contribution in [1.29, 1.82) is 0 Å². The van der Waals surface area contributed by atoms with Crippen LogP contribution in [0.2, 0.25) is 0 Å². The van der Waals surface area contributed by atoms with Crippen LogP contribution in [0.15, 0.2) is 53.1 Å². The Labute approximate surface area is 126 Å². The Morgan fingerprint density at radius 1 is 1.55 bits per heavy atom.